The molecule has 0 aliphatic heterocycles. The van der Waals surface area contributed by atoms with Gasteiger partial charge in [0.1, 0.15) is 11.4 Å². The average molecular weight is 243 g/mol. The third kappa shape index (κ3) is 2.21. The molecular weight excluding hydrogens is 226 g/mol. The Balaban J connectivity index is 2.77. The molecule has 0 spiro atoms. The molecule has 3 nitrogen and oxygen atoms in total. The largest absolute Gasteiger partial charge is 0.493 e. The molecule has 0 N–H and O–H groups in total. The number of hydrogen-bond acceptors (Lipinski definition) is 3. The summed E-state index contributed by atoms with van der Waals surface area (Å²) >= 11 is 0. The summed E-state index contributed by atoms with van der Waals surface area (Å²) in [7, 11) is 0. The van der Waals surface area contributed by atoms with E-state index in [1.165, 1.54) is 0 Å². The van der Waals surface area contributed by atoms with Crippen LogP contribution in [0.5, 0.6) is 5.75 Å². The molecule has 1 aromatic heterocycles. The van der Waals surface area contributed by atoms with Crippen LogP contribution in [0.15, 0.2) is 24.3 Å². The number of carbonyl (C=O) groups excluding carboxylic acids is 1. The van der Waals surface area contributed by atoms with Crippen LogP contribution in [0.3, 0.4) is 0 Å². The lowest BCUT2D eigenvalue weighted by Crippen LogP contribution is -1.99. The molecule has 94 valence electrons. The van der Waals surface area contributed by atoms with Crippen molar-refractivity contribution in [3.63, 3.8) is 0 Å². The van der Waals surface area contributed by atoms with Crippen LogP contribution < -0.4 is 4.74 Å². The van der Waals surface area contributed by atoms with Crippen LogP contribution in [0, 0.1) is 0 Å². The lowest BCUT2D eigenvalue weighted by molar-refractivity contribution is 0.111. The number of ether oxygens (including phenoxy) is 1. The zero-order chi connectivity index (χ0) is 13.1. The minimum absolute atomic E-state index is 0.359. The second-order valence-electron chi connectivity index (χ2n) is 4.49. The molecule has 2 rings (SSSR count). The van der Waals surface area contributed by atoms with Gasteiger partial charge in [-0.05, 0) is 24.5 Å². The van der Waals surface area contributed by atoms with Crippen LogP contribution in [0.2, 0.25) is 0 Å². The van der Waals surface area contributed by atoms with Gasteiger partial charge in [0.2, 0.25) is 0 Å². The van der Waals surface area contributed by atoms with Crippen LogP contribution in [-0.2, 0) is 0 Å². The Morgan fingerprint density at radius 2 is 2.17 bits per heavy atom. The van der Waals surface area contributed by atoms with Gasteiger partial charge in [-0.1, -0.05) is 26.0 Å². The highest BCUT2D eigenvalue weighted by Crippen LogP contribution is 2.30. The predicted octanol–water partition coefficient (Wildman–Crippen LogP) is 3.57. The Hall–Kier alpha value is -1.90. The molecular formula is C15H17NO2. The third-order valence-electron chi connectivity index (χ3n) is 2.90. The molecule has 0 saturated carbocycles. The van der Waals surface area contributed by atoms with Crippen molar-refractivity contribution in [2.24, 2.45) is 0 Å². The van der Waals surface area contributed by atoms with E-state index in [0.29, 0.717) is 18.2 Å². The van der Waals surface area contributed by atoms with Gasteiger partial charge in [0.15, 0.2) is 6.29 Å². The highest BCUT2D eigenvalue weighted by molar-refractivity contribution is 5.91. The molecule has 18 heavy (non-hydrogen) atoms. The van der Waals surface area contributed by atoms with Gasteiger partial charge in [-0.3, -0.25) is 4.79 Å². The number of hydrogen-bond donors (Lipinski definition) is 0. The van der Waals surface area contributed by atoms with Crippen molar-refractivity contribution in [2.45, 2.75) is 26.7 Å². The molecule has 1 heterocycles. The molecule has 0 bridgehead atoms. The molecule has 0 saturated heterocycles. The Labute approximate surface area is 107 Å². The van der Waals surface area contributed by atoms with Crippen LogP contribution >= 0.6 is 0 Å². The van der Waals surface area contributed by atoms with Gasteiger partial charge in [-0.25, -0.2) is 4.98 Å². The van der Waals surface area contributed by atoms with E-state index in [1.54, 1.807) is 6.07 Å². The zero-order valence-electron chi connectivity index (χ0n) is 10.9. The Morgan fingerprint density at radius 3 is 2.78 bits per heavy atom. The summed E-state index contributed by atoms with van der Waals surface area (Å²) < 4.78 is 5.60. The summed E-state index contributed by atoms with van der Waals surface area (Å²) in [6, 6.07) is 7.73. The number of carbonyl (C=O) groups is 1. The van der Waals surface area contributed by atoms with E-state index in [0.717, 1.165) is 28.5 Å². The van der Waals surface area contributed by atoms with Crippen LogP contribution in [-0.4, -0.2) is 17.9 Å². The van der Waals surface area contributed by atoms with Crippen molar-refractivity contribution in [1.29, 1.82) is 0 Å². The van der Waals surface area contributed by atoms with Crippen LogP contribution in [0.25, 0.3) is 10.9 Å². The highest BCUT2D eigenvalue weighted by atomic mass is 16.5. The second kappa shape index (κ2) is 5.17. The standard InChI is InChI=1S/C15H17NO2/c1-4-18-14-8-11(9-17)16-15-12(10(2)3)6-5-7-13(14)15/h5-10H,4H2,1-3H3. The average Bonchev–Trinajstić information content (AvgIpc) is 2.38. The summed E-state index contributed by atoms with van der Waals surface area (Å²) in [5.41, 5.74) is 2.41. The molecule has 0 unspecified atom stereocenters. The normalized spacial score (nSPS) is 10.9. The fraction of sp³-hybridized carbons (Fsp3) is 0.333. The smallest absolute Gasteiger partial charge is 0.168 e. The number of benzene rings is 1. The van der Waals surface area contributed by atoms with Gasteiger partial charge in [0.25, 0.3) is 0 Å². The number of fused-ring (bicyclic) bond motifs is 1. The minimum atomic E-state index is 0.359. The maximum absolute atomic E-state index is 11.0. The summed E-state index contributed by atoms with van der Waals surface area (Å²) in [6.45, 7) is 6.73. The first-order valence-electron chi connectivity index (χ1n) is 6.19. The summed E-state index contributed by atoms with van der Waals surface area (Å²) in [5.74, 6) is 1.09. The summed E-state index contributed by atoms with van der Waals surface area (Å²) in [5, 5.41) is 0.966. The quantitative estimate of drug-likeness (QED) is 0.770. The van der Waals surface area contributed by atoms with Gasteiger partial charge < -0.3 is 4.74 Å². The number of aldehydes is 1. The molecule has 0 fully saturated rings. The van der Waals surface area contributed by atoms with Gasteiger partial charge in [-0.15, -0.1) is 0 Å². The van der Waals surface area contributed by atoms with Crippen molar-refractivity contribution in [3.8, 4) is 5.75 Å². The van der Waals surface area contributed by atoms with Gasteiger partial charge in [0, 0.05) is 11.5 Å². The maximum Gasteiger partial charge on any atom is 0.168 e. The van der Waals surface area contributed by atoms with E-state index >= 15 is 0 Å². The van der Waals surface area contributed by atoms with E-state index in [-0.39, 0.29) is 0 Å². The number of para-hydroxylation sites is 1. The first-order valence-corrected chi connectivity index (χ1v) is 6.19. The minimum Gasteiger partial charge on any atom is -0.493 e. The zero-order valence-corrected chi connectivity index (χ0v) is 10.9. The van der Waals surface area contributed by atoms with Crippen molar-refractivity contribution in [1.82, 2.24) is 4.98 Å². The lowest BCUT2D eigenvalue weighted by Gasteiger charge is -2.13. The summed E-state index contributed by atoms with van der Waals surface area (Å²) in [6.07, 6.45) is 0.763. The fourth-order valence-corrected chi connectivity index (χ4v) is 2.06. The van der Waals surface area contributed by atoms with Crippen LogP contribution in [0.4, 0.5) is 0 Å². The highest BCUT2D eigenvalue weighted by Gasteiger charge is 2.11. The lowest BCUT2D eigenvalue weighted by atomic mass is 9.99. The molecule has 1 aromatic carbocycles. The molecule has 0 aliphatic carbocycles. The van der Waals surface area contributed by atoms with E-state index < -0.39 is 0 Å². The van der Waals surface area contributed by atoms with E-state index in [9.17, 15) is 4.79 Å². The van der Waals surface area contributed by atoms with Crippen molar-refractivity contribution < 1.29 is 9.53 Å². The van der Waals surface area contributed by atoms with Crippen LogP contribution in [0.1, 0.15) is 42.7 Å². The molecule has 2 aromatic rings. The SMILES string of the molecule is CCOc1cc(C=O)nc2c(C(C)C)cccc12. The molecule has 3 heteroatoms. The van der Waals surface area contributed by atoms with Crippen molar-refractivity contribution in [2.75, 3.05) is 6.61 Å². The van der Waals surface area contributed by atoms with E-state index in [4.69, 9.17) is 4.74 Å². The second-order valence-corrected chi connectivity index (χ2v) is 4.49. The Kier molecular flexibility index (Phi) is 3.60. The molecule has 0 radical (unpaired) electrons. The number of nitrogens with zero attached hydrogens (tertiary/aromatic N) is 1. The summed E-state index contributed by atoms with van der Waals surface area (Å²) in [4.78, 5) is 15.4. The Morgan fingerprint density at radius 1 is 1.39 bits per heavy atom. The Bertz CT molecular complexity index is 576. The third-order valence-corrected chi connectivity index (χ3v) is 2.90. The topological polar surface area (TPSA) is 39.2 Å². The number of aromatic nitrogens is 1. The van der Waals surface area contributed by atoms with Gasteiger partial charge >= 0.3 is 0 Å². The van der Waals surface area contributed by atoms with Gasteiger partial charge in [-0.2, -0.15) is 0 Å². The fourth-order valence-electron chi connectivity index (χ4n) is 2.06. The monoisotopic (exact) mass is 243 g/mol. The number of rotatable bonds is 4. The van der Waals surface area contributed by atoms with Gasteiger partial charge in [0.05, 0.1) is 12.1 Å². The maximum atomic E-state index is 11.0. The predicted molar refractivity (Wildman–Crippen MR) is 72.4 cm³/mol. The van der Waals surface area contributed by atoms with Crippen molar-refractivity contribution >= 4 is 17.2 Å². The first-order chi connectivity index (χ1) is 8.67. The molecule has 0 amide bonds. The molecule has 0 atom stereocenters. The van der Waals surface area contributed by atoms with E-state index in [1.807, 2.05) is 25.1 Å². The first kappa shape index (κ1) is 12.6. The van der Waals surface area contributed by atoms with E-state index in [2.05, 4.69) is 18.8 Å². The van der Waals surface area contributed by atoms with Crippen molar-refractivity contribution in [3.05, 3.63) is 35.5 Å². The molecule has 0 aliphatic rings. The number of pyridine rings is 1.